The average Bonchev–Trinajstić information content (AvgIpc) is 2.68. The lowest BCUT2D eigenvalue weighted by molar-refractivity contribution is 0.442. The molecule has 2 aromatic heterocycles. The molecular weight excluding hydrogens is 206 g/mol. The predicted molar refractivity (Wildman–Crippen MR) is 61.3 cm³/mol. The number of anilines is 1. The summed E-state index contributed by atoms with van der Waals surface area (Å²) in [6.45, 7) is 6.13. The minimum absolute atomic E-state index is 0.526. The Morgan fingerprint density at radius 2 is 2.25 bits per heavy atom. The fourth-order valence-electron chi connectivity index (χ4n) is 1.71. The van der Waals surface area contributed by atoms with Crippen molar-refractivity contribution in [1.82, 2.24) is 15.1 Å². The molecule has 6 nitrogen and oxygen atoms in total. The Bertz CT molecular complexity index is 481. The summed E-state index contributed by atoms with van der Waals surface area (Å²) in [7, 11) is 0. The molecule has 0 saturated carbocycles. The highest BCUT2D eigenvalue weighted by atomic mass is 16.5. The first-order valence-electron chi connectivity index (χ1n) is 5.30. The number of hydrogen-bond donors (Lipinski definition) is 1. The predicted octanol–water partition coefficient (Wildman–Crippen LogP) is 0.711. The number of hydrogen-bond acceptors (Lipinski definition) is 6. The molecule has 0 aliphatic heterocycles. The van der Waals surface area contributed by atoms with Crippen molar-refractivity contribution < 1.29 is 4.52 Å². The van der Waals surface area contributed by atoms with E-state index in [1.54, 1.807) is 0 Å². The van der Waals surface area contributed by atoms with Crippen LogP contribution in [0.25, 0.3) is 11.1 Å². The van der Waals surface area contributed by atoms with E-state index in [1.807, 2.05) is 6.92 Å². The van der Waals surface area contributed by atoms with Crippen LogP contribution < -0.4 is 10.6 Å². The second-order valence-corrected chi connectivity index (χ2v) is 3.51. The molecule has 0 aliphatic carbocycles. The van der Waals surface area contributed by atoms with Gasteiger partial charge in [0.1, 0.15) is 17.5 Å². The molecule has 0 bridgehead atoms. The zero-order valence-corrected chi connectivity index (χ0v) is 9.47. The Labute approximate surface area is 93.4 Å². The van der Waals surface area contributed by atoms with Crippen LogP contribution in [-0.4, -0.2) is 34.8 Å². The van der Waals surface area contributed by atoms with Crippen LogP contribution in [0.3, 0.4) is 0 Å². The Hall–Kier alpha value is -1.69. The van der Waals surface area contributed by atoms with Gasteiger partial charge in [-0.05, 0) is 13.8 Å². The Morgan fingerprint density at radius 1 is 1.44 bits per heavy atom. The van der Waals surface area contributed by atoms with Gasteiger partial charge in [-0.15, -0.1) is 0 Å². The van der Waals surface area contributed by atoms with Crippen molar-refractivity contribution in [3.05, 3.63) is 12.0 Å². The van der Waals surface area contributed by atoms with Crippen molar-refractivity contribution >= 4 is 16.9 Å². The largest absolute Gasteiger partial charge is 0.355 e. The summed E-state index contributed by atoms with van der Waals surface area (Å²) in [5, 5.41) is 4.77. The van der Waals surface area contributed by atoms with E-state index in [0.29, 0.717) is 12.3 Å². The highest BCUT2D eigenvalue weighted by Crippen LogP contribution is 2.25. The maximum atomic E-state index is 5.58. The van der Waals surface area contributed by atoms with Gasteiger partial charge >= 0.3 is 0 Å². The molecule has 0 fully saturated rings. The fraction of sp³-hybridized carbons (Fsp3) is 0.500. The third-order valence-corrected chi connectivity index (χ3v) is 2.50. The summed E-state index contributed by atoms with van der Waals surface area (Å²) >= 11 is 0. The Balaban J connectivity index is 2.53. The average molecular weight is 221 g/mol. The molecular formula is C10H15N5O. The van der Waals surface area contributed by atoms with Crippen LogP contribution in [0.4, 0.5) is 5.82 Å². The molecule has 0 atom stereocenters. The molecule has 0 aliphatic rings. The van der Waals surface area contributed by atoms with Crippen molar-refractivity contribution in [2.75, 3.05) is 24.5 Å². The van der Waals surface area contributed by atoms with Gasteiger partial charge in [0.2, 0.25) is 0 Å². The van der Waals surface area contributed by atoms with Gasteiger partial charge in [0.05, 0.1) is 5.69 Å². The molecule has 2 aromatic rings. The van der Waals surface area contributed by atoms with Gasteiger partial charge in [0.25, 0.3) is 5.71 Å². The van der Waals surface area contributed by atoms with Crippen molar-refractivity contribution in [1.29, 1.82) is 0 Å². The zero-order valence-electron chi connectivity index (χ0n) is 9.47. The first-order chi connectivity index (χ1) is 7.77. The van der Waals surface area contributed by atoms with Gasteiger partial charge in [-0.2, -0.15) is 4.98 Å². The molecule has 2 N–H and O–H groups in total. The first kappa shape index (κ1) is 10.8. The first-order valence-corrected chi connectivity index (χ1v) is 5.30. The summed E-state index contributed by atoms with van der Waals surface area (Å²) in [4.78, 5) is 10.4. The summed E-state index contributed by atoms with van der Waals surface area (Å²) in [5.41, 5.74) is 6.91. The zero-order chi connectivity index (χ0) is 11.5. The van der Waals surface area contributed by atoms with Gasteiger partial charge < -0.3 is 15.2 Å². The van der Waals surface area contributed by atoms with Gasteiger partial charge in [-0.1, -0.05) is 5.16 Å². The van der Waals surface area contributed by atoms with Crippen molar-refractivity contribution in [3.63, 3.8) is 0 Å². The summed E-state index contributed by atoms with van der Waals surface area (Å²) in [6, 6.07) is 0. The second-order valence-electron chi connectivity index (χ2n) is 3.51. The molecule has 2 heterocycles. The fourth-order valence-corrected chi connectivity index (χ4v) is 1.71. The van der Waals surface area contributed by atoms with Crippen LogP contribution in [0.5, 0.6) is 0 Å². The molecule has 0 amide bonds. The molecule has 0 aromatic carbocycles. The quantitative estimate of drug-likeness (QED) is 0.819. The molecule has 0 spiro atoms. The van der Waals surface area contributed by atoms with E-state index < -0.39 is 0 Å². The van der Waals surface area contributed by atoms with Gasteiger partial charge in [0, 0.05) is 19.6 Å². The van der Waals surface area contributed by atoms with E-state index in [-0.39, 0.29) is 0 Å². The maximum Gasteiger partial charge on any atom is 0.263 e. The highest BCUT2D eigenvalue weighted by molar-refractivity contribution is 5.87. The number of nitrogens with zero attached hydrogens (tertiary/aromatic N) is 4. The topological polar surface area (TPSA) is 81.1 Å². The monoisotopic (exact) mass is 221 g/mol. The Morgan fingerprint density at radius 3 is 2.94 bits per heavy atom. The summed E-state index contributed by atoms with van der Waals surface area (Å²) < 4.78 is 5.10. The van der Waals surface area contributed by atoms with E-state index in [2.05, 4.69) is 26.9 Å². The third-order valence-electron chi connectivity index (χ3n) is 2.50. The molecule has 6 heteroatoms. The van der Waals surface area contributed by atoms with Crippen LogP contribution in [0.15, 0.2) is 10.9 Å². The van der Waals surface area contributed by atoms with Crippen LogP contribution in [0.1, 0.15) is 12.6 Å². The number of nitrogens with two attached hydrogens (primary N) is 1. The lowest BCUT2D eigenvalue weighted by Gasteiger charge is -2.21. The van der Waals surface area contributed by atoms with E-state index >= 15 is 0 Å². The normalized spacial score (nSPS) is 10.9. The minimum atomic E-state index is 0.526. The lowest BCUT2D eigenvalue weighted by Crippen LogP contribution is -2.30. The van der Waals surface area contributed by atoms with E-state index in [1.165, 1.54) is 6.33 Å². The summed E-state index contributed by atoms with van der Waals surface area (Å²) in [5.74, 6) is 0.844. The van der Waals surface area contributed by atoms with Crippen LogP contribution >= 0.6 is 0 Å². The number of rotatable bonds is 4. The second kappa shape index (κ2) is 4.44. The van der Waals surface area contributed by atoms with Crippen LogP contribution in [0, 0.1) is 6.92 Å². The van der Waals surface area contributed by atoms with E-state index in [9.17, 15) is 0 Å². The van der Waals surface area contributed by atoms with Crippen LogP contribution in [-0.2, 0) is 0 Å². The molecule has 0 saturated heterocycles. The summed E-state index contributed by atoms with van der Waals surface area (Å²) in [6.07, 6.45) is 1.49. The number of fused-ring (bicyclic) bond motifs is 1. The molecule has 2 rings (SSSR count). The smallest absolute Gasteiger partial charge is 0.263 e. The standard InChI is InChI=1S/C10H15N5O/c1-3-15(5-4-11)9-8-7(2)14-16-10(8)13-6-12-9/h6H,3-5,11H2,1-2H3. The van der Waals surface area contributed by atoms with Gasteiger partial charge in [-0.3, -0.25) is 0 Å². The number of aryl methyl sites for hydroxylation is 1. The third kappa shape index (κ3) is 1.71. The molecule has 0 unspecified atom stereocenters. The molecule has 16 heavy (non-hydrogen) atoms. The van der Waals surface area contributed by atoms with Crippen molar-refractivity contribution in [2.45, 2.75) is 13.8 Å². The SMILES string of the molecule is CCN(CCN)c1ncnc2onc(C)c12. The van der Waals surface area contributed by atoms with Crippen molar-refractivity contribution in [2.24, 2.45) is 5.73 Å². The maximum absolute atomic E-state index is 5.58. The van der Waals surface area contributed by atoms with Crippen LogP contribution in [0.2, 0.25) is 0 Å². The molecule has 86 valence electrons. The number of aromatic nitrogens is 3. The van der Waals surface area contributed by atoms with Crippen molar-refractivity contribution in [3.8, 4) is 0 Å². The van der Waals surface area contributed by atoms with Gasteiger partial charge in [-0.25, -0.2) is 4.98 Å². The van der Waals surface area contributed by atoms with E-state index in [0.717, 1.165) is 30.0 Å². The highest BCUT2D eigenvalue weighted by Gasteiger charge is 2.15. The molecule has 0 radical (unpaired) electrons. The minimum Gasteiger partial charge on any atom is -0.355 e. The Kier molecular flexibility index (Phi) is 3.00. The lowest BCUT2D eigenvalue weighted by atomic mass is 10.3. The van der Waals surface area contributed by atoms with E-state index in [4.69, 9.17) is 10.3 Å². The van der Waals surface area contributed by atoms with Gasteiger partial charge in [0.15, 0.2) is 0 Å². The number of likely N-dealkylation sites (N-methyl/N-ethyl adjacent to an activating group) is 1.